The Bertz CT molecular complexity index is 594. The molecule has 7 heteroatoms. The van der Waals surface area contributed by atoms with Crippen molar-refractivity contribution in [3.05, 3.63) is 24.3 Å². The Morgan fingerprint density at radius 3 is 2.85 bits per heavy atom. The molecular formula is C13H14N2O3S2. The summed E-state index contributed by atoms with van der Waals surface area (Å²) in [7, 11) is 1.31. The number of carbonyl (C=O) groups is 2. The number of nitrogens with zero attached hydrogens (tertiary/aromatic N) is 1. The molecule has 1 amide bonds. The number of benzene rings is 1. The smallest absolute Gasteiger partial charge is 0.329 e. The van der Waals surface area contributed by atoms with Gasteiger partial charge in [0.25, 0.3) is 0 Å². The molecule has 0 spiro atoms. The molecule has 5 nitrogen and oxygen atoms in total. The first kappa shape index (κ1) is 14.8. The van der Waals surface area contributed by atoms with Gasteiger partial charge < -0.3 is 10.1 Å². The molecule has 2 rings (SSSR count). The molecule has 0 saturated carbocycles. The molecule has 1 atom stereocenters. The maximum absolute atomic E-state index is 11.6. The number of thioether (sulfide) groups is 1. The number of para-hydroxylation sites is 1. The zero-order valence-corrected chi connectivity index (χ0v) is 12.7. The quantitative estimate of drug-likeness (QED) is 0.676. The van der Waals surface area contributed by atoms with Gasteiger partial charge in [-0.15, -0.1) is 11.3 Å². The van der Waals surface area contributed by atoms with Gasteiger partial charge in [-0.3, -0.25) is 4.79 Å². The second kappa shape index (κ2) is 6.71. The normalized spacial score (nSPS) is 12.1. The number of hydrogen-bond acceptors (Lipinski definition) is 6. The van der Waals surface area contributed by atoms with Gasteiger partial charge in [0.05, 0.1) is 17.3 Å². The van der Waals surface area contributed by atoms with E-state index in [1.165, 1.54) is 25.8 Å². The summed E-state index contributed by atoms with van der Waals surface area (Å²) in [5.74, 6) is -0.314. The van der Waals surface area contributed by atoms with Crippen molar-refractivity contribution in [1.29, 1.82) is 0 Å². The zero-order valence-electron chi connectivity index (χ0n) is 11.1. The van der Waals surface area contributed by atoms with Crippen molar-refractivity contribution in [2.75, 3.05) is 12.9 Å². The van der Waals surface area contributed by atoms with Gasteiger partial charge in [0.2, 0.25) is 5.91 Å². The van der Waals surface area contributed by atoms with Crippen molar-refractivity contribution < 1.29 is 14.3 Å². The van der Waals surface area contributed by atoms with E-state index in [-0.39, 0.29) is 5.91 Å². The predicted molar refractivity (Wildman–Crippen MR) is 80.0 cm³/mol. The van der Waals surface area contributed by atoms with E-state index in [0.717, 1.165) is 14.6 Å². The molecule has 0 bridgehead atoms. The molecule has 1 aromatic heterocycles. The molecule has 1 aromatic carbocycles. The zero-order chi connectivity index (χ0) is 14.5. The maximum Gasteiger partial charge on any atom is 0.329 e. The predicted octanol–water partition coefficient (Wildman–Crippen LogP) is 2.07. The van der Waals surface area contributed by atoms with Gasteiger partial charge in [0.15, 0.2) is 4.34 Å². The van der Waals surface area contributed by atoms with Crippen LogP contribution < -0.4 is 5.32 Å². The van der Waals surface area contributed by atoms with Crippen LogP contribution in [0.3, 0.4) is 0 Å². The maximum atomic E-state index is 11.6. The average Bonchev–Trinajstić information content (AvgIpc) is 2.84. The second-order valence-corrected chi connectivity index (χ2v) is 6.33. The summed E-state index contributed by atoms with van der Waals surface area (Å²) in [6.45, 7) is 1.37. The second-order valence-electron chi connectivity index (χ2n) is 4.03. The first-order valence-electron chi connectivity index (χ1n) is 5.93. The van der Waals surface area contributed by atoms with Crippen LogP contribution in [0.5, 0.6) is 0 Å². The number of carbonyl (C=O) groups excluding carboxylic acids is 2. The fourth-order valence-electron chi connectivity index (χ4n) is 1.62. The number of amides is 1. The minimum absolute atomic E-state index is 0.259. The van der Waals surface area contributed by atoms with Gasteiger partial charge in [-0.05, 0) is 12.1 Å². The Morgan fingerprint density at radius 2 is 2.20 bits per heavy atom. The SMILES string of the molecule is COC(=O)C(CSc1nc2ccccc2s1)NC(C)=O. The average molecular weight is 310 g/mol. The molecule has 1 N–H and O–H groups in total. The largest absolute Gasteiger partial charge is 0.467 e. The van der Waals surface area contributed by atoms with Gasteiger partial charge in [-0.1, -0.05) is 23.9 Å². The van der Waals surface area contributed by atoms with Crippen molar-refractivity contribution in [3.63, 3.8) is 0 Å². The highest BCUT2D eigenvalue weighted by atomic mass is 32.2. The molecule has 20 heavy (non-hydrogen) atoms. The van der Waals surface area contributed by atoms with E-state index in [0.29, 0.717) is 5.75 Å². The van der Waals surface area contributed by atoms with Crippen molar-refractivity contribution in [3.8, 4) is 0 Å². The third-order valence-electron chi connectivity index (χ3n) is 2.51. The van der Waals surface area contributed by atoms with Crippen LogP contribution >= 0.6 is 23.1 Å². The van der Waals surface area contributed by atoms with Crippen molar-refractivity contribution in [2.45, 2.75) is 17.3 Å². The molecule has 0 fully saturated rings. The van der Waals surface area contributed by atoms with E-state index < -0.39 is 12.0 Å². The number of nitrogens with one attached hydrogen (secondary N) is 1. The van der Waals surface area contributed by atoms with Crippen molar-refractivity contribution in [1.82, 2.24) is 10.3 Å². The Hall–Kier alpha value is -1.60. The van der Waals surface area contributed by atoms with Crippen LogP contribution in [0.2, 0.25) is 0 Å². The number of hydrogen-bond donors (Lipinski definition) is 1. The van der Waals surface area contributed by atoms with E-state index >= 15 is 0 Å². The first-order valence-corrected chi connectivity index (χ1v) is 7.73. The third kappa shape index (κ3) is 3.71. The Kier molecular flexibility index (Phi) is 4.97. The molecular weight excluding hydrogens is 296 g/mol. The highest BCUT2D eigenvalue weighted by molar-refractivity contribution is 8.01. The first-order chi connectivity index (χ1) is 9.60. The van der Waals surface area contributed by atoms with Crippen LogP contribution in [0, 0.1) is 0 Å². The number of methoxy groups -OCH3 is 1. The van der Waals surface area contributed by atoms with Gasteiger partial charge in [-0.2, -0.15) is 0 Å². The fourth-order valence-corrected chi connectivity index (χ4v) is 3.72. The van der Waals surface area contributed by atoms with Crippen LogP contribution in [0.4, 0.5) is 0 Å². The summed E-state index contributed by atoms with van der Waals surface area (Å²) in [6, 6.07) is 7.19. The number of rotatable bonds is 5. The molecule has 0 aliphatic carbocycles. The number of thiazole rings is 1. The number of esters is 1. The lowest BCUT2D eigenvalue weighted by molar-refractivity contribution is -0.144. The minimum Gasteiger partial charge on any atom is -0.467 e. The Balaban J connectivity index is 2.04. The Labute approximate surface area is 124 Å². The summed E-state index contributed by atoms with van der Waals surface area (Å²) in [6.07, 6.45) is 0. The van der Waals surface area contributed by atoms with E-state index in [1.807, 2.05) is 24.3 Å². The van der Waals surface area contributed by atoms with Crippen LogP contribution in [0.15, 0.2) is 28.6 Å². The van der Waals surface area contributed by atoms with E-state index in [2.05, 4.69) is 15.0 Å². The molecule has 0 radical (unpaired) electrons. The lowest BCUT2D eigenvalue weighted by atomic mass is 10.3. The van der Waals surface area contributed by atoms with Gasteiger partial charge in [0.1, 0.15) is 6.04 Å². The molecule has 0 saturated heterocycles. The summed E-state index contributed by atoms with van der Waals surface area (Å²) in [5.41, 5.74) is 0.939. The van der Waals surface area contributed by atoms with Crippen LogP contribution in [0.25, 0.3) is 10.2 Å². The molecule has 1 heterocycles. The highest BCUT2D eigenvalue weighted by Crippen LogP contribution is 2.29. The highest BCUT2D eigenvalue weighted by Gasteiger charge is 2.21. The topological polar surface area (TPSA) is 68.3 Å². The summed E-state index contributed by atoms with van der Waals surface area (Å²) >= 11 is 3.00. The molecule has 106 valence electrons. The summed E-state index contributed by atoms with van der Waals surface area (Å²) < 4.78 is 6.64. The fraction of sp³-hybridized carbons (Fsp3) is 0.308. The van der Waals surface area contributed by atoms with Gasteiger partial charge in [-0.25, -0.2) is 9.78 Å². The molecule has 0 aliphatic heterocycles. The van der Waals surface area contributed by atoms with Crippen molar-refractivity contribution >= 4 is 45.2 Å². The summed E-state index contributed by atoms with van der Waals surface area (Å²) in [4.78, 5) is 27.1. The Morgan fingerprint density at radius 1 is 1.45 bits per heavy atom. The van der Waals surface area contributed by atoms with Gasteiger partial charge in [0, 0.05) is 12.7 Å². The van der Waals surface area contributed by atoms with Crippen LogP contribution in [-0.2, 0) is 14.3 Å². The van der Waals surface area contributed by atoms with Crippen LogP contribution in [0.1, 0.15) is 6.92 Å². The number of ether oxygens (including phenoxy) is 1. The van der Waals surface area contributed by atoms with Gasteiger partial charge >= 0.3 is 5.97 Å². The molecule has 2 aromatic rings. The third-order valence-corrected chi connectivity index (χ3v) is 4.78. The monoisotopic (exact) mass is 310 g/mol. The molecule has 0 aliphatic rings. The van der Waals surface area contributed by atoms with Crippen molar-refractivity contribution in [2.24, 2.45) is 0 Å². The number of aromatic nitrogens is 1. The van der Waals surface area contributed by atoms with E-state index in [9.17, 15) is 9.59 Å². The summed E-state index contributed by atoms with van der Waals surface area (Å²) in [5, 5.41) is 2.58. The van der Waals surface area contributed by atoms with E-state index in [4.69, 9.17) is 0 Å². The van der Waals surface area contributed by atoms with E-state index in [1.54, 1.807) is 11.3 Å². The van der Waals surface area contributed by atoms with Crippen LogP contribution in [-0.4, -0.2) is 35.8 Å². The minimum atomic E-state index is -0.658. The molecule has 1 unspecified atom stereocenters. The number of fused-ring (bicyclic) bond motifs is 1. The lowest BCUT2D eigenvalue weighted by Gasteiger charge is -2.13. The standard InChI is InChI=1S/C13H14N2O3S2/c1-8(16)14-10(12(17)18-2)7-19-13-15-9-5-3-4-6-11(9)20-13/h3-6,10H,7H2,1-2H3,(H,14,16). The lowest BCUT2D eigenvalue weighted by Crippen LogP contribution is -2.42.